The molecule has 8 heteroatoms. The summed E-state index contributed by atoms with van der Waals surface area (Å²) in [5.41, 5.74) is 0. The van der Waals surface area contributed by atoms with E-state index in [-0.39, 0.29) is 18.9 Å². The molecule has 0 aromatic heterocycles. The molecular weight excluding hydrogens is 278 g/mol. The maximum absolute atomic E-state index is 12.0. The quantitative estimate of drug-likeness (QED) is 0.539. The Morgan fingerprint density at radius 3 is 2.43 bits per heavy atom. The summed E-state index contributed by atoms with van der Waals surface area (Å²) in [6.07, 6.45) is -0.863. The zero-order chi connectivity index (χ0) is 16.2. The summed E-state index contributed by atoms with van der Waals surface area (Å²) in [5.74, 6) is -1.20. The molecule has 0 spiro atoms. The molecule has 2 unspecified atom stereocenters. The van der Waals surface area contributed by atoms with Crippen LogP contribution < -0.4 is 10.6 Å². The Hall–Kier alpha value is -1.83. The summed E-state index contributed by atoms with van der Waals surface area (Å²) >= 11 is 0. The van der Waals surface area contributed by atoms with E-state index in [9.17, 15) is 19.5 Å². The summed E-state index contributed by atoms with van der Waals surface area (Å²) < 4.78 is 0. The number of aliphatic carboxylic acids is 1. The number of carbonyl (C=O) groups is 3. The number of hydrogen-bond acceptors (Lipinski definition) is 4. The summed E-state index contributed by atoms with van der Waals surface area (Å²) in [5, 5.41) is 23.7. The van der Waals surface area contributed by atoms with Gasteiger partial charge in [0.15, 0.2) is 0 Å². The number of rotatable bonds is 5. The largest absolute Gasteiger partial charge is 0.480 e. The third-order valence-electron chi connectivity index (χ3n) is 3.24. The third kappa shape index (κ3) is 4.89. The minimum absolute atomic E-state index is 0.00329. The molecule has 0 aromatic carbocycles. The van der Waals surface area contributed by atoms with E-state index in [2.05, 4.69) is 10.6 Å². The average molecular weight is 301 g/mol. The zero-order valence-electron chi connectivity index (χ0n) is 12.5. The first-order valence-electron chi connectivity index (χ1n) is 6.98. The Kier molecular flexibility index (Phi) is 5.95. The van der Waals surface area contributed by atoms with Gasteiger partial charge in [-0.3, -0.25) is 4.79 Å². The van der Waals surface area contributed by atoms with Gasteiger partial charge in [-0.2, -0.15) is 0 Å². The van der Waals surface area contributed by atoms with Crippen molar-refractivity contribution in [2.75, 3.05) is 13.1 Å². The van der Waals surface area contributed by atoms with Crippen LogP contribution in [0.4, 0.5) is 4.79 Å². The van der Waals surface area contributed by atoms with E-state index in [0.29, 0.717) is 12.5 Å². The molecule has 0 saturated carbocycles. The lowest BCUT2D eigenvalue weighted by atomic mass is 10.2. The number of nitrogens with one attached hydrogen (secondary N) is 2. The van der Waals surface area contributed by atoms with Crippen molar-refractivity contribution in [1.29, 1.82) is 0 Å². The van der Waals surface area contributed by atoms with Crippen LogP contribution in [-0.2, 0) is 9.59 Å². The highest BCUT2D eigenvalue weighted by Gasteiger charge is 2.39. The highest BCUT2D eigenvalue weighted by molar-refractivity contribution is 5.88. The molecule has 0 aliphatic carbocycles. The first-order chi connectivity index (χ1) is 9.72. The smallest absolute Gasteiger partial charge is 0.326 e. The first-order valence-corrected chi connectivity index (χ1v) is 6.98. The number of aliphatic hydroxyl groups excluding tert-OH is 1. The molecule has 3 amide bonds. The molecule has 1 aliphatic heterocycles. The fraction of sp³-hybridized carbons (Fsp3) is 0.769. The van der Waals surface area contributed by atoms with Gasteiger partial charge < -0.3 is 25.7 Å². The Balaban J connectivity index is 2.55. The fourth-order valence-corrected chi connectivity index (χ4v) is 2.06. The van der Waals surface area contributed by atoms with Crippen molar-refractivity contribution in [2.24, 2.45) is 5.92 Å². The summed E-state index contributed by atoms with van der Waals surface area (Å²) in [4.78, 5) is 35.9. The highest BCUT2D eigenvalue weighted by Crippen LogP contribution is 2.18. The summed E-state index contributed by atoms with van der Waals surface area (Å²) in [6, 6.07) is -2.50. The number of β-amino-alcohol motifs (C(OH)–C–C–N with tert-alkyl or cyclic N) is 1. The first kappa shape index (κ1) is 17.2. The van der Waals surface area contributed by atoms with E-state index < -0.39 is 30.2 Å². The number of carboxylic acids is 1. The average Bonchev–Trinajstić information content (AvgIpc) is 2.78. The van der Waals surface area contributed by atoms with Gasteiger partial charge in [0, 0.05) is 19.5 Å². The number of hydrogen-bond donors (Lipinski definition) is 4. The van der Waals surface area contributed by atoms with Crippen molar-refractivity contribution in [3.8, 4) is 0 Å². The van der Waals surface area contributed by atoms with Gasteiger partial charge in [-0.25, -0.2) is 9.59 Å². The van der Waals surface area contributed by atoms with Gasteiger partial charge in [-0.15, -0.1) is 0 Å². The molecule has 0 aromatic rings. The van der Waals surface area contributed by atoms with Gasteiger partial charge in [0.1, 0.15) is 12.1 Å². The van der Waals surface area contributed by atoms with Gasteiger partial charge in [-0.05, 0) is 12.8 Å². The standard InChI is InChI=1S/C13H23N3O5/c1-7(2)5-14-11(18)8(3)15-13(21)16-6-9(17)4-10(16)12(19)20/h7-10,17H,4-6H2,1-3H3,(H,14,18)(H,15,21)(H,19,20)/t8?,9?,10-/m0/s1. The maximum atomic E-state index is 12.0. The van der Waals surface area contributed by atoms with Crippen LogP contribution in [0, 0.1) is 5.92 Å². The van der Waals surface area contributed by atoms with Gasteiger partial charge in [0.05, 0.1) is 6.10 Å². The van der Waals surface area contributed by atoms with Crippen LogP contribution in [0.5, 0.6) is 0 Å². The predicted octanol–water partition coefficient (Wildman–Crippen LogP) is -0.623. The van der Waals surface area contributed by atoms with Gasteiger partial charge in [0.25, 0.3) is 0 Å². The van der Waals surface area contributed by atoms with Gasteiger partial charge in [0.2, 0.25) is 5.91 Å². The number of urea groups is 1. The molecule has 4 N–H and O–H groups in total. The van der Waals surface area contributed by atoms with E-state index in [1.54, 1.807) is 0 Å². The molecular formula is C13H23N3O5. The predicted molar refractivity (Wildman–Crippen MR) is 74.6 cm³/mol. The van der Waals surface area contributed by atoms with Gasteiger partial charge >= 0.3 is 12.0 Å². The molecule has 3 atom stereocenters. The van der Waals surface area contributed by atoms with E-state index in [4.69, 9.17) is 5.11 Å². The van der Waals surface area contributed by atoms with Crippen LogP contribution in [0.25, 0.3) is 0 Å². The second-order valence-corrected chi connectivity index (χ2v) is 5.71. The van der Waals surface area contributed by atoms with Crippen LogP contribution in [0.2, 0.25) is 0 Å². The highest BCUT2D eigenvalue weighted by atomic mass is 16.4. The normalized spacial score (nSPS) is 23.0. The maximum Gasteiger partial charge on any atom is 0.326 e. The van der Waals surface area contributed by atoms with Crippen molar-refractivity contribution in [2.45, 2.75) is 45.4 Å². The number of amides is 3. The van der Waals surface area contributed by atoms with E-state index in [0.717, 1.165) is 4.90 Å². The number of carboxylic acid groups (broad SMARTS) is 1. The van der Waals surface area contributed by atoms with Gasteiger partial charge in [-0.1, -0.05) is 13.8 Å². The van der Waals surface area contributed by atoms with E-state index >= 15 is 0 Å². The number of carbonyl (C=O) groups excluding carboxylic acids is 2. The summed E-state index contributed by atoms with van der Waals surface area (Å²) in [7, 11) is 0. The van der Waals surface area contributed by atoms with Crippen LogP contribution in [0.3, 0.4) is 0 Å². The Bertz CT molecular complexity index is 413. The lowest BCUT2D eigenvalue weighted by molar-refractivity contribution is -0.141. The van der Waals surface area contributed by atoms with E-state index in [1.807, 2.05) is 13.8 Å². The summed E-state index contributed by atoms with van der Waals surface area (Å²) in [6.45, 7) is 5.87. The second kappa shape index (κ2) is 7.26. The molecule has 1 heterocycles. The molecule has 0 radical (unpaired) electrons. The van der Waals surface area contributed by atoms with E-state index in [1.165, 1.54) is 6.92 Å². The topological polar surface area (TPSA) is 119 Å². The Labute approximate surface area is 123 Å². The monoisotopic (exact) mass is 301 g/mol. The van der Waals surface area contributed by atoms with Crippen molar-refractivity contribution < 1.29 is 24.6 Å². The fourth-order valence-electron chi connectivity index (χ4n) is 2.06. The minimum Gasteiger partial charge on any atom is -0.480 e. The molecule has 1 fully saturated rings. The Morgan fingerprint density at radius 2 is 1.90 bits per heavy atom. The molecule has 1 saturated heterocycles. The molecule has 21 heavy (non-hydrogen) atoms. The second-order valence-electron chi connectivity index (χ2n) is 5.71. The van der Waals surface area contributed by atoms with Crippen molar-refractivity contribution in [3.05, 3.63) is 0 Å². The SMILES string of the molecule is CC(C)CNC(=O)C(C)NC(=O)N1CC(O)C[C@H]1C(=O)O. The van der Waals surface area contributed by atoms with Crippen molar-refractivity contribution in [3.63, 3.8) is 0 Å². The van der Waals surface area contributed by atoms with Crippen molar-refractivity contribution in [1.82, 2.24) is 15.5 Å². The lowest BCUT2D eigenvalue weighted by Crippen LogP contribution is -2.52. The number of nitrogens with zero attached hydrogens (tertiary/aromatic N) is 1. The van der Waals surface area contributed by atoms with Crippen molar-refractivity contribution >= 4 is 17.9 Å². The molecule has 1 rings (SSSR count). The molecule has 1 aliphatic rings. The molecule has 0 bridgehead atoms. The Morgan fingerprint density at radius 1 is 1.29 bits per heavy atom. The minimum atomic E-state index is -1.17. The van der Waals surface area contributed by atoms with Crippen LogP contribution in [0.15, 0.2) is 0 Å². The van der Waals surface area contributed by atoms with Crippen LogP contribution in [0.1, 0.15) is 27.2 Å². The number of likely N-dealkylation sites (tertiary alicyclic amines) is 1. The molecule has 8 nitrogen and oxygen atoms in total. The molecule has 120 valence electrons. The third-order valence-corrected chi connectivity index (χ3v) is 3.24. The van der Waals surface area contributed by atoms with Crippen LogP contribution in [-0.4, -0.2) is 64.3 Å². The van der Waals surface area contributed by atoms with Crippen LogP contribution >= 0.6 is 0 Å². The zero-order valence-corrected chi connectivity index (χ0v) is 12.5. The number of aliphatic hydroxyl groups is 1. The lowest BCUT2D eigenvalue weighted by Gasteiger charge is -2.24.